The Bertz CT molecular complexity index is 696. The van der Waals surface area contributed by atoms with Crippen molar-refractivity contribution in [2.24, 2.45) is 11.3 Å². The highest BCUT2D eigenvalue weighted by atomic mass is 35.5. The largest absolute Gasteiger partial charge is 0.492 e. The Morgan fingerprint density at radius 3 is 2.74 bits per heavy atom. The van der Waals surface area contributed by atoms with Crippen molar-refractivity contribution >= 4 is 23.5 Å². The van der Waals surface area contributed by atoms with Gasteiger partial charge in [0.15, 0.2) is 0 Å². The second-order valence-corrected chi connectivity index (χ2v) is 8.15. The maximum Gasteiger partial charge on any atom is 0.311 e. The first-order valence-electron chi connectivity index (χ1n) is 9.44. The minimum Gasteiger partial charge on any atom is -0.492 e. The number of likely N-dealkylation sites (tertiary alicyclic amines) is 1. The molecule has 1 aliphatic heterocycles. The smallest absolute Gasteiger partial charge is 0.311 e. The third-order valence-electron chi connectivity index (χ3n) is 6.11. The first-order chi connectivity index (χ1) is 12.8. The third kappa shape index (κ3) is 4.06. The second kappa shape index (κ2) is 8.07. The number of fused-ring (bicyclic) bond motifs is 1. The zero-order chi connectivity index (χ0) is 19.6. The quantitative estimate of drug-likeness (QED) is 0.770. The molecule has 1 amide bonds. The van der Waals surface area contributed by atoms with Gasteiger partial charge in [0.05, 0.1) is 18.0 Å². The summed E-state index contributed by atoms with van der Waals surface area (Å²) in [6.45, 7) is 3.88. The lowest BCUT2D eigenvalue weighted by atomic mass is 9.81. The molecule has 27 heavy (non-hydrogen) atoms. The number of rotatable bonds is 7. The number of carboxylic acid groups (broad SMARTS) is 1. The second-order valence-electron chi connectivity index (χ2n) is 7.72. The van der Waals surface area contributed by atoms with Gasteiger partial charge in [0.2, 0.25) is 5.91 Å². The van der Waals surface area contributed by atoms with E-state index >= 15 is 0 Å². The fraction of sp³-hybridized carbons (Fsp3) is 0.600. The fourth-order valence-corrected chi connectivity index (χ4v) is 4.52. The van der Waals surface area contributed by atoms with E-state index in [9.17, 15) is 14.7 Å². The standard InChI is InChI=1S/C20H27ClN2O4/c1-14(23-12-15-4-3-9-20(15,13-23)19(25)26)18(24)22(2)10-11-27-17-7-5-16(21)6-8-17/h5-8,14-15H,3-4,9-13H2,1-2H3,(H,25,26)/t14?,15-,20+/m0/s1. The summed E-state index contributed by atoms with van der Waals surface area (Å²) < 4.78 is 5.65. The average Bonchev–Trinajstić information content (AvgIpc) is 3.20. The van der Waals surface area contributed by atoms with Crippen LogP contribution in [0.15, 0.2) is 24.3 Å². The summed E-state index contributed by atoms with van der Waals surface area (Å²) in [5.74, 6) is 0.153. The maximum absolute atomic E-state index is 12.8. The summed E-state index contributed by atoms with van der Waals surface area (Å²) in [6, 6.07) is 6.78. The number of aliphatic carboxylic acids is 1. The van der Waals surface area contributed by atoms with E-state index in [4.69, 9.17) is 16.3 Å². The lowest BCUT2D eigenvalue weighted by Crippen LogP contribution is -2.47. The summed E-state index contributed by atoms with van der Waals surface area (Å²) in [5, 5.41) is 10.4. The topological polar surface area (TPSA) is 70.1 Å². The van der Waals surface area contributed by atoms with Crippen LogP contribution in [0.3, 0.4) is 0 Å². The predicted octanol–water partition coefficient (Wildman–Crippen LogP) is 2.75. The minimum absolute atomic E-state index is 0.00443. The van der Waals surface area contributed by atoms with Crippen LogP contribution in [0.25, 0.3) is 0 Å². The van der Waals surface area contributed by atoms with E-state index in [0.29, 0.717) is 37.0 Å². The van der Waals surface area contributed by atoms with Crippen molar-refractivity contribution in [1.82, 2.24) is 9.80 Å². The molecule has 2 aliphatic rings. The molecule has 3 rings (SSSR count). The van der Waals surface area contributed by atoms with Crippen molar-refractivity contribution in [3.8, 4) is 5.75 Å². The number of hydrogen-bond acceptors (Lipinski definition) is 4. The van der Waals surface area contributed by atoms with Gasteiger partial charge in [-0.3, -0.25) is 14.5 Å². The van der Waals surface area contributed by atoms with Gasteiger partial charge in [-0.15, -0.1) is 0 Å². The SMILES string of the molecule is CC(C(=O)N(C)CCOc1ccc(Cl)cc1)N1C[C@@H]2CCC[C@@]2(C(=O)O)C1. The number of hydrogen-bond donors (Lipinski definition) is 1. The van der Waals surface area contributed by atoms with E-state index in [2.05, 4.69) is 0 Å². The molecule has 1 N–H and O–H groups in total. The van der Waals surface area contributed by atoms with Crippen LogP contribution >= 0.6 is 11.6 Å². The van der Waals surface area contributed by atoms with Crippen LogP contribution in [0.5, 0.6) is 5.75 Å². The van der Waals surface area contributed by atoms with Crippen molar-refractivity contribution in [2.45, 2.75) is 32.2 Å². The molecule has 3 atom stereocenters. The predicted molar refractivity (Wildman–Crippen MR) is 103 cm³/mol. The van der Waals surface area contributed by atoms with E-state index in [1.54, 1.807) is 36.2 Å². The summed E-state index contributed by atoms with van der Waals surface area (Å²) in [4.78, 5) is 28.3. The van der Waals surface area contributed by atoms with Gasteiger partial charge >= 0.3 is 5.97 Å². The molecule has 2 fully saturated rings. The van der Waals surface area contributed by atoms with E-state index in [0.717, 1.165) is 19.3 Å². The number of carbonyl (C=O) groups excluding carboxylic acids is 1. The maximum atomic E-state index is 12.8. The summed E-state index contributed by atoms with van der Waals surface area (Å²) in [7, 11) is 1.76. The Hall–Kier alpha value is -1.79. The molecule has 1 saturated carbocycles. The molecule has 148 valence electrons. The van der Waals surface area contributed by atoms with Crippen molar-refractivity contribution in [1.29, 1.82) is 0 Å². The van der Waals surface area contributed by atoms with Crippen LogP contribution < -0.4 is 4.74 Å². The van der Waals surface area contributed by atoms with Gasteiger partial charge in [0.25, 0.3) is 0 Å². The van der Waals surface area contributed by atoms with E-state index in [1.807, 2.05) is 11.8 Å². The molecule has 0 aromatic heterocycles. The molecular weight excluding hydrogens is 368 g/mol. The first-order valence-corrected chi connectivity index (χ1v) is 9.82. The highest BCUT2D eigenvalue weighted by Gasteiger charge is 2.55. The molecule has 1 unspecified atom stereocenters. The number of carboxylic acids is 1. The van der Waals surface area contributed by atoms with Gasteiger partial charge in [0.1, 0.15) is 12.4 Å². The van der Waals surface area contributed by atoms with Gasteiger partial charge in [0, 0.05) is 25.2 Å². The van der Waals surface area contributed by atoms with Crippen molar-refractivity contribution in [3.63, 3.8) is 0 Å². The molecular formula is C20H27ClN2O4. The Kier molecular flexibility index (Phi) is 5.96. The number of nitrogens with zero attached hydrogens (tertiary/aromatic N) is 2. The molecule has 6 nitrogen and oxygen atoms in total. The molecule has 0 radical (unpaired) electrons. The number of likely N-dealkylation sites (N-methyl/N-ethyl adjacent to an activating group) is 1. The zero-order valence-corrected chi connectivity index (χ0v) is 16.6. The molecule has 0 spiro atoms. The fourth-order valence-electron chi connectivity index (χ4n) is 4.39. The Morgan fingerprint density at radius 2 is 2.11 bits per heavy atom. The van der Waals surface area contributed by atoms with Crippen LogP contribution in [0.4, 0.5) is 0 Å². The number of ether oxygens (including phenoxy) is 1. The molecule has 0 bridgehead atoms. The monoisotopic (exact) mass is 394 g/mol. The van der Waals surface area contributed by atoms with Gasteiger partial charge in [-0.2, -0.15) is 0 Å². The molecule has 1 aromatic rings. The molecule has 1 aromatic carbocycles. The van der Waals surface area contributed by atoms with Crippen molar-refractivity contribution in [2.75, 3.05) is 33.3 Å². The van der Waals surface area contributed by atoms with Gasteiger partial charge in [-0.1, -0.05) is 18.0 Å². The van der Waals surface area contributed by atoms with Gasteiger partial charge in [-0.05, 0) is 49.9 Å². The normalized spacial score (nSPS) is 25.8. The lowest BCUT2D eigenvalue weighted by molar-refractivity contribution is -0.150. The zero-order valence-electron chi connectivity index (χ0n) is 15.9. The average molecular weight is 395 g/mol. The number of carbonyl (C=O) groups is 2. The summed E-state index contributed by atoms with van der Waals surface area (Å²) in [6.07, 6.45) is 2.62. The number of amides is 1. The van der Waals surface area contributed by atoms with Crippen molar-refractivity contribution in [3.05, 3.63) is 29.3 Å². The van der Waals surface area contributed by atoms with Crippen molar-refractivity contribution < 1.29 is 19.4 Å². The van der Waals surface area contributed by atoms with E-state index < -0.39 is 11.4 Å². The molecule has 1 heterocycles. The van der Waals surface area contributed by atoms with Crippen LogP contribution in [0, 0.1) is 11.3 Å². The molecule has 1 saturated heterocycles. The van der Waals surface area contributed by atoms with Gasteiger partial charge in [-0.25, -0.2) is 0 Å². The highest BCUT2D eigenvalue weighted by molar-refractivity contribution is 6.30. The van der Waals surface area contributed by atoms with Gasteiger partial charge < -0.3 is 14.7 Å². The Balaban J connectivity index is 1.51. The van der Waals surface area contributed by atoms with Crippen LogP contribution in [0.1, 0.15) is 26.2 Å². The number of benzene rings is 1. The number of halogens is 1. The van der Waals surface area contributed by atoms with E-state index in [1.165, 1.54) is 0 Å². The minimum atomic E-state index is -0.711. The molecule has 1 aliphatic carbocycles. The van der Waals surface area contributed by atoms with Crippen LogP contribution in [-0.2, 0) is 9.59 Å². The summed E-state index contributed by atoms with van der Waals surface area (Å²) >= 11 is 5.85. The van der Waals surface area contributed by atoms with E-state index in [-0.39, 0.29) is 17.9 Å². The Labute approximate surface area is 165 Å². The third-order valence-corrected chi connectivity index (χ3v) is 6.37. The van der Waals surface area contributed by atoms with Crippen LogP contribution in [-0.4, -0.2) is 66.1 Å². The Morgan fingerprint density at radius 1 is 1.41 bits per heavy atom. The molecule has 7 heteroatoms. The summed E-state index contributed by atoms with van der Waals surface area (Å²) in [5.41, 5.74) is -0.662. The van der Waals surface area contributed by atoms with Crippen LogP contribution in [0.2, 0.25) is 5.02 Å². The lowest BCUT2D eigenvalue weighted by Gasteiger charge is -2.29. The highest BCUT2D eigenvalue weighted by Crippen LogP contribution is 2.49. The first kappa shape index (κ1) is 20.0.